The lowest BCUT2D eigenvalue weighted by Crippen LogP contribution is -2.14. The van der Waals surface area contributed by atoms with Crippen LogP contribution < -0.4 is 0 Å². The van der Waals surface area contributed by atoms with Crippen LogP contribution in [0.3, 0.4) is 0 Å². The molecule has 1 fully saturated rings. The number of rotatable bonds is 4. The van der Waals surface area contributed by atoms with E-state index in [1.807, 2.05) is 6.07 Å². The molecular weight excluding hydrogens is 248 g/mol. The first kappa shape index (κ1) is 13.6. The predicted molar refractivity (Wildman–Crippen MR) is 71.8 cm³/mol. The van der Waals surface area contributed by atoms with Crippen molar-refractivity contribution in [2.45, 2.75) is 45.1 Å². The summed E-state index contributed by atoms with van der Waals surface area (Å²) in [4.78, 5) is 13.0. The van der Waals surface area contributed by atoms with Gasteiger partial charge in [0.15, 0.2) is 0 Å². The molecule has 0 spiro atoms. The average molecular weight is 268 g/mol. The second-order valence-electron chi connectivity index (χ2n) is 4.77. The van der Waals surface area contributed by atoms with Crippen molar-refractivity contribution in [3.63, 3.8) is 0 Å². The minimum atomic E-state index is -0.418. The van der Waals surface area contributed by atoms with Crippen LogP contribution in [0.1, 0.15) is 59.7 Å². The first-order chi connectivity index (χ1) is 8.72. The maximum absolute atomic E-state index is 11.6. The number of aliphatic hydroxyl groups is 1. The van der Waals surface area contributed by atoms with Crippen molar-refractivity contribution in [1.82, 2.24) is 0 Å². The molecule has 1 aromatic heterocycles. The largest absolute Gasteiger partial charge is 0.462 e. The summed E-state index contributed by atoms with van der Waals surface area (Å²) < 4.78 is 4.96. The molecule has 1 aliphatic carbocycles. The number of ether oxygens (including phenoxy) is 1. The molecule has 18 heavy (non-hydrogen) atoms. The molecule has 0 aliphatic heterocycles. The highest BCUT2D eigenvalue weighted by molar-refractivity contribution is 7.14. The van der Waals surface area contributed by atoms with E-state index in [-0.39, 0.29) is 5.97 Å². The van der Waals surface area contributed by atoms with Gasteiger partial charge in [0.05, 0.1) is 12.7 Å². The molecule has 1 saturated carbocycles. The quantitative estimate of drug-likeness (QED) is 0.850. The van der Waals surface area contributed by atoms with E-state index in [9.17, 15) is 9.90 Å². The van der Waals surface area contributed by atoms with E-state index in [2.05, 4.69) is 0 Å². The highest BCUT2D eigenvalue weighted by Gasteiger charge is 2.25. The number of hydrogen-bond donors (Lipinski definition) is 1. The summed E-state index contributed by atoms with van der Waals surface area (Å²) in [5, 5.41) is 10.3. The van der Waals surface area contributed by atoms with E-state index < -0.39 is 6.10 Å². The fourth-order valence-electron chi connectivity index (χ4n) is 2.51. The molecule has 0 saturated heterocycles. The summed E-state index contributed by atoms with van der Waals surface area (Å²) in [5.41, 5.74) is 0. The summed E-state index contributed by atoms with van der Waals surface area (Å²) in [6.07, 6.45) is 5.46. The minimum absolute atomic E-state index is 0.287. The number of carbonyl (C=O) groups excluding carboxylic acids is 1. The summed E-state index contributed by atoms with van der Waals surface area (Å²) in [6, 6.07) is 3.61. The van der Waals surface area contributed by atoms with Crippen molar-refractivity contribution in [3.8, 4) is 0 Å². The van der Waals surface area contributed by atoms with E-state index in [0.717, 1.165) is 17.7 Å². The molecule has 4 heteroatoms. The Hall–Kier alpha value is -0.870. The molecule has 0 bridgehead atoms. The Morgan fingerprint density at radius 3 is 2.83 bits per heavy atom. The third kappa shape index (κ3) is 3.12. The van der Waals surface area contributed by atoms with Gasteiger partial charge in [-0.25, -0.2) is 4.79 Å². The van der Waals surface area contributed by atoms with Crippen LogP contribution in [0.5, 0.6) is 0 Å². The fourth-order valence-corrected chi connectivity index (χ4v) is 3.49. The molecule has 1 aromatic rings. The van der Waals surface area contributed by atoms with Crippen LogP contribution in [0, 0.1) is 5.92 Å². The molecule has 0 aromatic carbocycles. The van der Waals surface area contributed by atoms with E-state index >= 15 is 0 Å². The van der Waals surface area contributed by atoms with E-state index in [1.54, 1.807) is 13.0 Å². The van der Waals surface area contributed by atoms with Crippen LogP contribution in [0.4, 0.5) is 0 Å². The lowest BCUT2D eigenvalue weighted by atomic mass is 9.85. The van der Waals surface area contributed by atoms with Crippen LogP contribution in [-0.4, -0.2) is 17.7 Å². The monoisotopic (exact) mass is 268 g/mol. The van der Waals surface area contributed by atoms with E-state index in [0.29, 0.717) is 17.4 Å². The predicted octanol–water partition coefficient (Wildman–Crippen LogP) is 3.54. The first-order valence-corrected chi connectivity index (χ1v) is 7.49. The molecule has 0 radical (unpaired) electrons. The summed E-state index contributed by atoms with van der Waals surface area (Å²) >= 11 is 1.36. The number of esters is 1. The smallest absolute Gasteiger partial charge is 0.348 e. The van der Waals surface area contributed by atoms with Gasteiger partial charge in [0.1, 0.15) is 4.88 Å². The Bertz CT molecular complexity index is 393. The Labute approximate surface area is 112 Å². The van der Waals surface area contributed by atoms with Crippen LogP contribution in [0.25, 0.3) is 0 Å². The lowest BCUT2D eigenvalue weighted by molar-refractivity contribution is 0.0532. The lowest BCUT2D eigenvalue weighted by Gasteiger charge is -2.25. The number of carbonyl (C=O) groups is 1. The Balaban J connectivity index is 2.02. The second-order valence-corrected chi connectivity index (χ2v) is 5.88. The summed E-state index contributed by atoms with van der Waals surface area (Å²) in [6.45, 7) is 2.18. The van der Waals surface area contributed by atoms with E-state index in [4.69, 9.17) is 4.74 Å². The zero-order valence-corrected chi connectivity index (χ0v) is 11.5. The molecule has 2 rings (SSSR count). The Morgan fingerprint density at radius 1 is 1.44 bits per heavy atom. The van der Waals surface area contributed by atoms with Gasteiger partial charge in [0.2, 0.25) is 0 Å². The maximum Gasteiger partial charge on any atom is 0.348 e. The van der Waals surface area contributed by atoms with Gasteiger partial charge >= 0.3 is 5.97 Å². The van der Waals surface area contributed by atoms with E-state index in [1.165, 1.54) is 30.6 Å². The standard InChI is InChI=1S/C14H20O3S/c1-2-17-14(16)12-9-8-11(18-12)13(15)10-6-4-3-5-7-10/h8-10,13,15H,2-7H2,1H3/t13-/m0/s1. The van der Waals surface area contributed by atoms with Crippen LogP contribution in [0.15, 0.2) is 12.1 Å². The number of aliphatic hydroxyl groups excluding tert-OH is 1. The minimum Gasteiger partial charge on any atom is -0.462 e. The molecule has 0 unspecified atom stereocenters. The summed E-state index contributed by atoms with van der Waals surface area (Å²) in [7, 11) is 0. The van der Waals surface area contributed by atoms with Crippen molar-refractivity contribution < 1.29 is 14.6 Å². The van der Waals surface area contributed by atoms with Crippen molar-refractivity contribution in [2.24, 2.45) is 5.92 Å². The molecule has 1 aliphatic rings. The van der Waals surface area contributed by atoms with Crippen LogP contribution in [-0.2, 0) is 4.74 Å². The van der Waals surface area contributed by atoms with Crippen molar-refractivity contribution in [1.29, 1.82) is 0 Å². The Morgan fingerprint density at radius 2 is 2.17 bits per heavy atom. The zero-order chi connectivity index (χ0) is 13.0. The van der Waals surface area contributed by atoms with Gasteiger partial charge in [0.25, 0.3) is 0 Å². The third-order valence-electron chi connectivity index (χ3n) is 3.49. The van der Waals surface area contributed by atoms with Crippen LogP contribution in [0.2, 0.25) is 0 Å². The Kier molecular flexibility index (Phi) is 4.78. The van der Waals surface area contributed by atoms with Gasteiger partial charge < -0.3 is 9.84 Å². The number of hydrogen-bond acceptors (Lipinski definition) is 4. The van der Waals surface area contributed by atoms with Crippen LogP contribution >= 0.6 is 11.3 Å². The third-order valence-corrected chi connectivity index (χ3v) is 4.63. The first-order valence-electron chi connectivity index (χ1n) is 6.67. The molecule has 1 heterocycles. The zero-order valence-electron chi connectivity index (χ0n) is 10.7. The van der Waals surface area contributed by atoms with Gasteiger partial charge in [-0.05, 0) is 37.8 Å². The SMILES string of the molecule is CCOC(=O)c1ccc([C@@H](O)C2CCCCC2)s1. The topological polar surface area (TPSA) is 46.5 Å². The fraction of sp³-hybridized carbons (Fsp3) is 0.643. The molecule has 1 atom stereocenters. The van der Waals surface area contributed by atoms with Gasteiger partial charge in [0, 0.05) is 4.88 Å². The molecule has 3 nitrogen and oxygen atoms in total. The molecule has 0 amide bonds. The van der Waals surface area contributed by atoms with Gasteiger partial charge in [-0.2, -0.15) is 0 Å². The molecule has 100 valence electrons. The normalized spacial score (nSPS) is 18.6. The molecule has 1 N–H and O–H groups in total. The van der Waals surface area contributed by atoms with Crippen molar-refractivity contribution in [3.05, 3.63) is 21.9 Å². The highest BCUT2D eigenvalue weighted by atomic mass is 32.1. The average Bonchev–Trinajstić information content (AvgIpc) is 2.89. The highest BCUT2D eigenvalue weighted by Crippen LogP contribution is 2.37. The number of thiophene rings is 1. The molecular formula is C14H20O3S. The maximum atomic E-state index is 11.6. The van der Waals surface area contributed by atoms with Crippen molar-refractivity contribution >= 4 is 17.3 Å². The van der Waals surface area contributed by atoms with Gasteiger partial charge in [-0.1, -0.05) is 19.3 Å². The van der Waals surface area contributed by atoms with Crippen molar-refractivity contribution in [2.75, 3.05) is 6.61 Å². The summed E-state index contributed by atoms with van der Waals surface area (Å²) in [5.74, 6) is 0.0667. The van der Waals surface area contributed by atoms with Gasteiger partial charge in [-0.15, -0.1) is 11.3 Å². The van der Waals surface area contributed by atoms with Gasteiger partial charge in [-0.3, -0.25) is 0 Å². The second kappa shape index (κ2) is 6.34.